The minimum Gasteiger partial charge on any atom is -0.515 e. The van der Waals surface area contributed by atoms with Gasteiger partial charge in [0.15, 0.2) is 11.5 Å². The molecule has 0 aromatic carbocycles. The first kappa shape index (κ1) is 10.4. The molecule has 0 atom stereocenters. The molecular weight excluding hydrogens is 158 g/mol. The van der Waals surface area contributed by atoms with Crippen molar-refractivity contribution >= 4 is 12.5 Å². The van der Waals surface area contributed by atoms with Crippen LogP contribution in [0.5, 0.6) is 0 Å². The summed E-state index contributed by atoms with van der Waals surface area (Å²) in [5.74, 6) is -0.103. The number of aliphatic hydroxyl groups excluding tert-OH is 1. The van der Waals surface area contributed by atoms with E-state index in [-0.39, 0.29) is 17.1 Å². The van der Waals surface area contributed by atoms with Gasteiger partial charge < -0.3 is 9.84 Å². The van der Waals surface area contributed by atoms with E-state index in [1.807, 2.05) is 0 Å². The van der Waals surface area contributed by atoms with E-state index in [1.165, 1.54) is 20.2 Å². The SMILES string of the molecule is C=N/C=C(/OC)C(=CO)C(C)=O. The summed E-state index contributed by atoms with van der Waals surface area (Å²) in [5, 5.41) is 8.66. The fourth-order valence-electron chi connectivity index (χ4n) is 0.643. The summed E-state index contributed by atoms with van der Waals surface area (Å²) in [6.07, 6.45) is 1.94. The Kier molecular flexibility index (Phi) is 4.45. The highest BCUT2D eigenvalue weighted by Gasteiger charge is 2.10. The van der Waals surface area contributed by atoms with Crippen LogP contribution in [0.15, 0.2) is 28.8 Å². The number of Topliss-reactive ketones (excluding diaryl/α,β-unsaturated/α-hetero) is 1. The Morgan fingerprint density at radius 3 is 2.50 bits per heavy atom. The summed E-state index contributed by atoms with van der Waals surface area (Å²) in [4.78, 5) is 14.3. The smallest absolute Gasteiger partial charge is 0.166 e. The van der Waals surface area contributed by atoms with Crippen molar-refractivity contribution in [1.82, 2.24) is 0 Å². The number of ether oxygens (including phenoxy) is 1. The minimum absolute atomic E-state index is 0.0740. The van der Waals surface area contributed by atoms with E-state index in [0.29, 0.717) is 6.26 Å². The summed E-state index contributed by atoms with van der Waals surface area (Å²) < 4.78 is 4.78. The molecule has 0 unspecified atom stereocenters. The number of rotatable bonds is 4. The van der Waals surface area contributed by atoms with Crippen molar-refractivity contribution in [1.29, 1.82) is 0 Å². The first-order valence-electron chi connectivity index (χ1n) is 3.23. The monoisotopic (exact) mass is 169 g/mol. The topological polar surface area (TPSA) is 58.9 Å². The molecule has 0 amide bonds. The van der Waals surface area contributed by atoms with Gasteiger partial charge in [0.25, 0.3) is 0 Å². The van der Waals surface area contributed by atoms with Crippen LogP contribution in [0.3, 0.4) is 0 Å². The first-order valence-corrected chi connectivity index (χ1v) is 3.23. The molecule has 0 rings (SSSR count). The molecule has 0 aromatic heterocycles. The zero-order valence-corrected chi connectivity index (χ0v) is 7.07. The molecular formula is C8H11NO3. The lowest BCUT2D eigenvalue weighted by Gasteiger charge is -2.04. The van der Waals surface area contributed by atoms with Gasteiger partial charge in [-0.25, -0.2) is 0 Å². The van der Waals surface area contributed by atoms with Crippen LogP contribution in [0.4, 0.5) is 0 Å². The lowest BCUT2D eigenvalue weighted by molar-refractivity contribution is -0.113. The van der Waals surface area contributed by atoms with E-state index in [0.717, 1.165) is 0 Å². The maximum absolute atomic E-state index is 10.8. The number of hydrogen-bond donors (Lipinski definition) is 1. The Balaban J connectivity index is 4.82. The Morgan fingerprint density at radius 2 is 2.25 bits per heavy atom. The van der Waals surface area contributed by atoms with Crippen LogP contribution in [-0.4, -0.2) is 24.7 Å². The van der Waals surface area contributed by atoms with Crippen LogP contribution < -0.4 is 0 Å². The Morgan fingerprint density at radius 1 is 1.67 bits per heavy atom. The number of aliphatic imine (C=N–C) groups is 1. The van der Waals surface area contributed by atoms with Gasteiger partial charge in [0.1, 0.15) is 0 Å². The molecule has 66 valence electrons. The largest absolute Gasteiger partial charge is 0.515 e. The van der Waals surface area contributed by atoms with E-state index < -0.39 is 0 Å². The van der Waals surface area contributed by atoms with E-state index in [9.17, 15) is 4.79 Å². The first-order chi connectivity index (χ1) is 5.67. The molecule has 4 nitrogen and oxygen atoms in total. The minimum atomic E-state index is -0.297. The third kappa shape index (κ3) is 2.57. The molecule has 1 N–H and O–H groups in total. The van der Waals surface area contributed by atoms with Gasteiger partial charge in [-0.15, -0.1) is 0 Å². The van der Waals surface area contributed by atoms with Gasteiger partial charge in [0, 0.05) is 0 Å². The Labute approximate surface area is 70.9 Å². The van der Waals surface area contributed by atoms with Gasteiger partial charge in [-0.1, -0.05) is 0 Å². The highest BCUT2D eigenvalue weighted by Crippen LogP contribution is 2.10. The lowest BCUT2D eigenvalue weighted by Crippen LogP contribution is -2.02. The van der Waals surface area contributed by atoms with Crippen molar-refractivity contribution < 1.29 is 14.6 Å². The zero-order chi connectivity index (χ0) is 9.56. The summed E-state index contributed by atoms with van der Waals surface area (Å²) in [5.41, 5.74) is 0.0740. The van der Waals surface area contributed by atoms with Crippen molar-refractivity contribution in [2.75, 3.05) is 7.11 Å². The number of nitrogens with zero attached hydrogens (tertiary/aromatic N) is 1. The quantitative estimate of drug-likeness (QED) is 0.298. The lowest BCUT2D eigenvalue weighted by atomic mass is 10.2. The molecule has 12 heavy (non-hydrogen) atoms. The van der Waals surface area contributed by atoms with E-state index in [4.69, 9.17) is 9.84 Å². The third-order valence-corrected chi connectivity index (χ3v) is 1.20. The molecule has 0 bridgehead atoms. The van der Waals surface area contributed by atoms with Gasteiger partial charge in [0.05, 0.1) is 25.1 Å². The Hall–Kier alpha value is -1.58. The normalized spacial score (nSPS) is 12.5. The van der Waals surface area contributed by atoms with Crippen LogP contribution in [0.2, 0.25) is 0 Å². The van der Waals surface area contributed by atoms with Gasteiger partial charge in [0.2, 0.25) is 0 Å². The van der Waals surface area contributed by atoms with Crippen molar-refractivity contribution in [2.45, 2.75) is 6.92 Å². The molecule has 4 heteroatoms. The number of carbonyl (C=O) groups excluding carboxylic acids is 1. The highest BCUT2D eigenvalue weighted by molar-refractivity contribution is 5.96. The molecule has 0 spiro atoms. The van der Waals surface area contributed by atoms with E-state index in [1.54, 1.807) is 0 Å². The average Bonchev–Trinajstić information content (AvgIpc) is 2.03. The van der Waals surface area contributed by atoms with Crippen LogP contribution in [0.1, 0.15) is 6.92 Å². The van der Waals surface area contributed by atoms with Crippen molar-refractivity contribution in [3.63, 3.8) is 0 Å². The van der Waals surface area contributed by atoms with E-state index in [2.05, 4.69) is 11.7 Å². The molecule has 0 aliphatic carbocycles. The summed E-state index contributed by atoms with van der Waals surface area (Å²) in [6.45, 7) is 4.52. The second kappa shape index (κ2) is 5.12. The second-order valence-corrected chi connectivity index (χ2v) is 1.98. The second-order valence-electron chi connectivity index (χ2n) is 1.98. The van der Waals surface area contributed by atoms with Crippen LogP contribution in [0.25, 0.3) is 0 Å². The van der Waals surface area contributed by atoms with Crippen LogP contribution >= 0.6 is 0 Å². The maximum atomic E-state index is 10.8. The van der Waals surface area contributed by atoms with Gasteiger partial charge >= 0.3 is 0 Å². The molecule has 0 heterocycles. The fourth-order valence-corrected chi connectivity index (χ4v) is 0.643. The van der Waals surface area contributed by atoms with Crippen LogP contribution in [0, 0.1) is 0 Å². The number of allylic oxidation sites excluding steroid dienone is 1. The highest BCUT2D eigenvalue weighted by atomic mass is 16.5. The number of ketones is 1. The molecule has 0 fully saturated rings. The molecule has 0 saturated carbocycles. The van der Waals surface area contributed by atoms with Crippen LogP contribution in [-0.2, 0) is 9.53 Å². The maximum Gasteiger partial charge on any atom is 0.166 e. The number of methoxy groups -OCH3 is 1. The van der Waals surface area contributed by atoms with Gasteiger partial charge in [-0.05, 0) is 13.6 Å². The average molecular weight is 169 g/mol. The number of carbonyl (C=O) groups is 1. The molecule has 0 aliphatic heterocycles. The van der Waals surface area contributed by atoms with E-state index >= 15 is 0 Å². The molecule has 0 aliphatic rings. The van der Waals surface area contributed by atoms with Gasteiger partial charge in [-0.2, -0.15) is 0 Å². The molecule has 0 radical (unpaired) electrons. The third-order valence-electron chi connectivity index (χ3n) is 1.20. The fraction of sp³-hybridized carbons (Fsp3) is 0.250. The number of aliphatic hydroxyl groups is 1. The van der Waals surface area contributed by atoms with Crippen molar-refractivity contribution in [2.24, 2.45) is 4.99 Å². The summed E-state index contributed by atoms with van der Waals surface area (Å²) >= 11 is 0. The predicted octanol–water partition coefficient (Wildman–Crippen LogP) is 1.21. The molecule has 0 saturated heterocycles. The Bertz CT molecular complexity index is 241. The standard InChI is InChI=1S/C8H11NO3/c1-6(11)7(5-10)8(12-3)4-9-2/h4-5,10H,2H2,1,3H3/b7-5?,8-4+. The van der Waals surface area contributed by atoms with Crippen molar-refractivity contribution in [3.8, 4) is 0 Å². The summed E-state index contributed by atoms with van der Waals surface area (Å²) in [6, 6.07) is 0. The number of hydrogen-bond acceptors (Lipinski definition) is 4. The van der Waals surface area contributed by atoms with Crippen molar-refractivity contribution in [3.05, 3.63) is 23.8 Å². The zero-order valence-electron chi connectivity index (χ0n) is 7.07. The summed E-state index contributed by atoms with van der Waals surface area (Å²) in [7, 11) is 1.38. The molecule has 0 aromatic rings. The predicted molar refractivity (Wildman–Crippen MR) is 46.0 cm³/mol. The van der Waals surface area contributed by atoms with Gasteiger partial charge in [-0.3, -0.25) is 9.79 Å².